The summed E-state index contributed by atoms with van der Waals surface area (Å²) in [6.07, 6.45) is 5.98. The molecule has 0 spiro atoms. The highest BCUT2D eigenvalue weighted by Gasteiger charge is 2.32. The van der Waals surface area contributed by atoms with Crippen LogP contribution in [-0.2, 0) is 9.53 Å². The number of ether oxygens (including phenoxy) is 1. The van der Waals surface area contributed by atoms with Gasteiger partial charge in [0, 0.05) is 37.2 Å². The van der Waals surface area contributed by atoms with Gasteiger partial charge in [-0.2, -0.15) is 0 Å². The number of carbonyl (C=O) groups excluding carboxylic acids is 2. The van der Waals surface area contributed by atoms with Crippen molar-refractivity contribution < 1.29 is 18.8 Å². The number of likely N-dealkylation sites (tertiary alicyclic amines) is 1. The molecule has 0 aliphatic carbocycles. The van der Waals surface area contributed by atoms with Gasteiger partial charge in [-0.3, -0.25) is 9.59 Å². The molecule has 26 heavy (non-hydrogen) atoms. The van der Waals surface area contributed by atoms with Crippen LogP contribution in [0.2, 0.25) is 0 Å². The summed E-state index contributed by atoms with van der Waals surface area (Å²) in [6.45, 7) is 1.75. The van der Waals surface area contributed by atoms with E-state index in [4.69, 9.17) is 9.26 Å². The smallest absolute Gasteiger partial charge is 0.259 e. The van der Waals surface area contributed by atoms with Gasteiger partial charge in [0.25, 0.3) is 5.91 Å². The van der Waals surface area contributed by atoms with Gasteiger partial charge in [0.1, 0.15) is 23.6 Å². The summed E-state index contributed by atoms with van der Waals surface area (Å²) in [6, 6.07) is 0. The Morgan fingerprint density at radius 1 is 1.27 bits per heavy atom. The van der Waals surface area contributed by atoms with E-state index in [-0.39, 0.29) is 23.8 Å². The summed E-state index contributed by atoms with van der Waals surface area (Å²) in [7, 11) is 0. The van der Waals surface area contributed by atoms with E-state index in [1.165, 1.54) is 17.6 Å². The number of thiazole rings is 1. The molecule has 0 bridgehead atoms. The third-order valence-electron chi connectivity index (χ3n) is 4.88. The minimum Gasteiger partial charge on any atom is -0.372 e. The fourth-order valence-corrected chi connectivity index (χ4v) is 3.97. The first-order valence-corrected chi connectivity index (χ1v) is 9.66. The van der Waals surface area contributed by atoms with Crippen LogP contribution in [0, 0.1) is 5.92 Å². The van der Waals surface area contributed by atoms with Gasteiger partial charge >= 0.3 is 0 Å². The molecule has 0 radical (unpaired) electrons. The molecule has 1 N–H and O–H groups in total. The fraction of sp³-hybridized carbons (Fsp3) is 0.529. The van der Waals surface area contributed by atoms with Crippen molar-refractivity contribution >= 4 is 28.3 Å². The topological polar surface area (TPSA) is 97.6 Å². The maximum absolute atomic E-state index is 12.8. The van der Waals surface area contributed by atoms with Crippen molar-refractivity contribution in [3.63, 3.8) is 0 Å². The number of amides is 2. The van der Waals surface area contributed by atoms with E-state index in [1.54, 1.807) is 11.1 Å². The Morgan fingerprint density at radius 3 is 2.81 bits per heavy atom. The summed E-state index contributed by atoms with van der Waals surface area (Å²) in [5.74, 6) is -0.240. The zero-order valence-corrected chi connectivity index (χ0v) is 15.0. The van der Waals surface area contributed by atoms with Crippen LogP contribution in [0.3, 0.4) is 0 Å². The number of anilines is 1. The Hall–Kier alpha value is -2.26. The molecule has 2 aliphatic rings. The molecule has 8 nitrogen and oxygen atoms in total. The van der Waals surface area contributed by atoms with E-state index >= 15 is 0 Å². The van der Waals surface area contributed by atoms with Crippen LogP contribution < -0.4 is 5.32 Å². The Labute approximate surface area is 154 Å². The number of hydrogen-bond donors (Lipinski definition) is 1. The second-order valence-corrected chi connectivity index (χ2v) is 7.40. The van der Waals surface area contributed by atoms with Gasteiger partial charge in [-0.15, -0.1) is 11.3 Å². The van der Waals surface area contributed by atoms with Gasteiger partial charge in [0.2, 0.25) is 5.91 Å². The van der Waals surface area contributed by atoms with Gasteiger partial charge in [-0.05, 0) is 25.7 Å². The third kappa shape index (κ3) is 3.49. The van der Waals surface area contributed by atoms with Gasteiger partial charge < -0.3 is 19.5 Å². The highest BCUT2D eigenvalue weighted by Crippen LogP contribution is 2.31. The molecule has 138 valence electrons. The highest BCUT2D eigenvalue weighted by atomic mass is 32.1. The van der Waals surface area contributed by atoms with E-state index < -0.39 is 0 Å². The van der Waals surface area contributed by atoms with Crippen molar-refractivity contribution in [2.24, 2.45) is 5.92 Å². The van der Waals surface area contributed by atoms with Crippen molar-refractivity contribution in [2.75, 3.05) is 25.0 Å². The van der Waals surface area contributed by atoms with Crippen LogP contribution in [0.5, 0.6) is 0 Å². The van der Waals surface area contributed by atoms with Crippen LogP contribution in [-0.4, -0.2) is 46.6 Å². The summed E-state index contributed by atoms with van der Waals surface area (Å²) in [5, 5.41) is 9.25. The summed E-state index contributed by atoms with van der Waals surface area (Å²) < 4.78 is 10.7. The molecule has 4 heterocycles. The second kappa shape index (κ2) is 7.55. The molecular weight excluding hydrogens is 356 g/mol. The molecule has 0 aromatic carbocycles. The van der Waals surface area contributed by atoms with Gasteiger partial charge in [-0.1, -0.05) is 5.16 Å². The average Bonchev–Trinajstić information content (AvgIpc) is 3.41. The molecule has 2 amide bonds. The first-order valence-electron chi connectivity index (χ1n) is 8.78. The predicted molar refractivity (Wildman–Crippen MR) is 93.8 cm³/mol. The zero-order chi connectivity index (χ0) is 17.9. The second-order valence-electron chi connectivity index (χ2n) is 6.51. The molecular formula is C17H20N4O4S. The Balaban J connectivity index is 1.35. The normalized spacial score (nSPS) is 21.1. The van der Waals surface area contributed by atoms with Crippen molar-refractivity contribution in [2.45, 2.75) is 31.8 Å². The molecule has 2 fully saturated rings. The summed E-state index contributed by atoms with van der Waals surface area (Å²) >= 11 is 1.40. The number of carbonyl (C=O) groups is 2. The van der Waals surface area contributed by atoms with E-state index in [1.807, 2.05) is 5.38 Å². The van der Waals surface area contributed by atoms with Gasteiger partial charge in [0.15, 0.2) is 5.13 Å². The number of nitrogens with zero attached hydrogens (tertiary/aromatic N) is 3. The summed E-state index contributed by atoms with van der Waals surface area (Å²) in [4.78, 5) is 31.0. The lowest BCUT2D eigenvalue weighted by Crippen LogP contribution is -2.41. The van der Waals surface area contributed by atoms with Crippen molar-refractivity contribution in [1.29, 1.82) is 0 Å². The number of piperidine rings is 1. The lowest BCUT2D eigenvalue weighted by Gasteiger charge is -2.31. The van der Waals surface area contributed by atoms with Crippen molar-refractivity contribution in [3.8, 4) is 0 Å². The number of rotatable bonds is 4. The lowest BCUT2D eigenvalue weighted by molar-refractivity contribution is -0.121. The molecule has 9 heteroatoms. The maximum Gasteiger partial charge on any atom is 0.259 e. The SMILES string of the molecule is O=C(Nc1nccs1)C1CCN(C(=O)c2conc2C2CCCO2)CC1. The van der Waals surface area contributed by atoms with Crippen LogP contribution in [0.4, 0.5) is 5.13 Å². The largest absolute Gasteiger partial charge is 0.372 e. The molecule has 2 aliphatic heterocycles. The number of aromatic nitrogens is 2. The van der Waals surface area contributed by atoms with Crippen LogP contribution >= 0.6 is 11.3 Å². The van der Waals surface area contributed by atoms with E-state index in [0.29, 0.717) is 48.9 Å². The quantitative estimate of drug-likeness (QED) is 0.880. The monoisotopic (exact) mass is 376 g/mol. The van der Waals surface area contributed by atoms with Gasteiger partial charge in [-0.25, -0.2) is 4.98 Å². The molecule has 1 atom stereocenters. The highest BCUT2D eigenvalue weighted by molar-refractivity contribution is 7.13. The van der Waals surface area contributed by atoms with E-state index in [0.717, 1.165) is 12.8 Å². The standard InChI is InChI=1S/C17H20N4O4S/c22-15(19-17-18-5-9-26-17)11-3-6-21(7-4-11)16(23)12-10-25-20-14(12)13-2-1-8-24-13/h5,9-11,13H,1-4,6-8H2,(H,18,19,22). The van der Waals surface area contributed by atoms with Gasteiger partial charge in [0.05, 0.1) is 0 Å². The maximum atomic E-state index is 12.8. The van der Waals surface area contributed by atoms with E-state index in [9.17, 15) is 9.59 Å². The molecule has 2 aromatic rings. The molecule has 4 rings (SSSR count). The minimum absolute atomic E-state index is 0.0305. The Bertz CT molecular complexity index is 762. The third-order valence-corrected chi connectivity index (χ3v) is 5.57. The van der Waals surface area contributed by atoms with Crippen molar-refractivity contribution in [3.05, 3.63) is 29.1 Å². The van der Waals surface area contributed by atoms with E-state index in [2.05, 4.69) is 15.5 Å². The first-order chi connectivity index (χ1) is 12.7. The number of nitrogens with one attached hydrogen (secondary N) is 1. The fourth-order valence-electron chi connectivity index (χ4n) is 3.44. The number of hydrogen-bond acceptors (Lipinski definition) is 7. The lowest BCUT2D eigenvalue weighted by atomic mass is 9.95. The average molecular weight is 376 g/mol. The zero-order valence-electron chi connectivity index (χ0n) is 14.2. The minimum atomic E-state index is -0.158. The first kappa shape index (κ1) is 17.2. The molecule has 1 unspecified atom stereocenters. The Kier molecular flexibility index (Phi) is 4.98. The predicted octanol–water partition coefficient (Wildman–Crippen LogP) is 2.47. The molecule has 2 saturated heterocycles. The summed E-state index contributed by atoms with van der Waals surface area (Å²) in [5.41, 5.74) is 1.07. The van der Waals surface area contributed by atoms with Crippen LogP contribution in [0.15, 0.2) is 22.4 Å². The van der Waals surface area contributed by atoms with Crippen molar-refractivity contribution in [1.82, 2.24) is 15.0 Å². The van der Waals surface area contributed by atoms with Crippen LogP contribution in [0.1, 0.15) is 47.8 Å². The molecule has 2 aromatic heterocycles. The van der Waals surface area contributed by atoms with Crippen LogP contribution in [0.25, 0.3) is 0 Å². The Morgan fingerprint density at radius 2 is 2.12 bits per heavy atom. The molecule has 0 saturated carbocycles.